The first-order valence-electron chi connectivity index (χ1n) is 6.63. The van der Waals surface area contributed by atoms with Gasteiger partial charge in [0.2, 0.25) is 0 Å². The Hall–Kier alpha value is -1.03. The van der Waals surface area contributed by atoms with Gasteiger partial charge in [-0.15, -0.1) is 0 Å². The lowest BCUT2D eigenvalue weighted by atomic mass is 9.82. The molecule has 2 fully saturated rings. The molecule has 1 aromatic rings. The molecule has 0 radical (unpaired) electrons. The second kappa shape index (κ2) is 4.57. The normalized spacial score (nSPS) is 27.3. The average molecular weight is 268 g/mol. The van der Waals surface area contributed by atoms with E-state index in [2.05, 4.69) is 10.00 Å². The van der Waals surface area contributed by atoms with Gasteiger partial charge >= 0.3 is 0 Å². The monoisotopic (exact) mass is 267 g/mol. The molecule has 1 aliphatic heterocycles. The second-order valence-electron chi connectivity index (χ2n) is 5.48. The zero-order chi connectivity index (χ0) is 12.7. The van der Waals surface area contributed by atoms with Crippen LogP contribution in [-0.2, 0) is 7.05 Å². The van der Waals surface area contributed by atoms with E-state index in [-0.39, 0.29) is 5.56 Å². The minimum Gasteiger partial charge on any atom is -0.368 e. The fraction of sp³-hybridized carbons (Fsp3) is 0.692. The molecule has 3 rings (SSSR count). The standard InChI is InChI=1S/C13H18ClN3O/c1-16-13(18)12(14)11(6-15-16)17-7-9-4-2-3-5-10(9)8-17/h6,9-10H,2-5,7-8H2,1H3. The highest BCUT2D eigenvalue weighted by molar-refractivity contribution is 6.33. The minimum absolute atomic E-state index is 0.205. The first kappa shape index (κ1) is 12.0. The van der Waals surface area contributed by atoms with Gasteiger partial charge in [0.25, 0.3) is 5.56 Å². The van der Waals surface area contributed by atoms with E-state index in [4.69, 9.17) is 11.6 Å². The summed E-state index contributed by atoms with van der Waals surface area (Å²) in [5, 5.41) is 4.39. The SMILES string of the molecule is Cn1ncc(N2CC3CCCCC3C2)c(Cl)c1=O. The predicted molar refractivity (Wildman–Crippen MR) is 72.1 cm³/mol. The van der Waals surface area contributed by atoms with Crippen LogP contribution in [-0.4, -0.2) is 22.9 Å². The minimum atomic E-state index is -0.205. The number of anilines is 1. The van der Waals surface area contributed by atoms with Crippen molar-refractivity contribution in [2.75, 3.05) is 18.0 Å². The summed E-state index contributed by atoms with van der Waals surface area (Å²) >= 11 is 6.16. The molecule has 0 N–H and O–H groups in total. The zero-order valence-corrected chi connectivity index (χ0v) is 11.4. The number of hydrogen-bond acceptors (Lipinski definition) is 3. The molecule has 1 saturated heterocycles. The number of rotatable bonds is 1. The molecule has 2 heterocycles. The first-order chi connectivity index (χ1) is 8.66. The van der Waals surface area contributed by atoms with Crippen molar-refractivity contribution in [3.8, 4) is 0 Å². The van der Waals surface area contributed by atoms with Crippen molar-refractivity contribution in [2.45, 2.75) is 25.7 Å². The summed E-state index contributed by atoms with van der Waals surface area (Å²) in [6, 6.07) is 0. The molecule has 1 aromatic heterocycles. The summed E-state index contributed by atoms with van der Waals surface area (Å²) in [4.78, 5) is 14.0. The van der Waals surface area contributed by atoms with Gasteiger partial charge in [0.05, 0.1) is 11.9 Å². The Morgan fingerprint density at radius 2 is 1.89 bits per heavy atom. The van der Waals surface area contributed by atoms with Gasteiger partial charge in [-0.05, 0) is 24.7 Å². The topological polar surface area (TPSA) is 38.1 Å². The van der Waals surface area contributed by atoms with E-state index in [1.165, 1.54) is 30.4 Å². The van der Waals surface area contributed by atoms with Crippen LogP contribution in [0, 0.1) is 11.8 Å². The van der Waals surface area contributed by atoms with E-state index < -0.39 is 0 Å². The molecular formula is C13H18ClN3O. The summed E-state index contributed by atoms with van der Waals surface area (Å²) in [7, 11) is 1.63. The highest BCUT2D eigenvalue weighted by Gasteiger charge is 2.35. The fourth-order valence-corrected chi connectivity index (χ4v) is 3.62. The number of hydrogen-bond donors (Lipinski definition) is 0. The van der Waals surface area contributed by atoms with Crippen molar-refractivity contribution in [1.29, 1.82) is 0 Å². The summed E-state index contributed by atoms with van der Waals surface area (Å²) in [6.45, 7) is 2.05. The van der Waals surface area contributed by atoms with Crippen molar-refractivity contribution in [2.24, 2.45) is 18.9 Å². The molecule has 98 valence electrons. The van der Waals surface area contributed by atoms with E-state index in [0.29, 0.717) is 5.02 Å². The third-order valence-corrected chi connectivity index (χ3v) is 4.73. The van der Waals surface area contributed by atoms with Crippen LogP contribution in [0.2, 0.25) is 5.02 Å². The van der Waals surface area contributed by atoms with Crippen molar-refractivity contribution >= 4 is 17.3 Å². The van der Waals surface area contributed by atoms with Crippen molar-refractivity contribution in [1.82, 2.24) is 9.78 Å². The van der Waals surface area contributed by atoms with Gasteiger partial charge in [0, 0.05) is 20.1 Å². The van der Waals surface area contributed by atoms with Crippen molar-refractivity contribution < 1.29 is 0 Å². The van der Waals surface area contributed by atoms with Crippen molar-refractivity contribution in [3.63, 3.8) is 0 Å². The zero-order valence-electron chi connectivity index (χ0n) is 10.6. The maximum atomic E-state index is 11.8. The molecule has 0 aromatic carbocycles. The molecule has 5 heteroatoms. The van der Waals surface area contributed by atoms with Gasteiger partial charge in [-0.1, -0.05) is 24.4 Å². The van der Waals surface area contributed by atoms with E-state index in [0.717, 1.165) is 30.6 Å². The quantitative estimate of drug-likeness (QED) is 0.782. The molecular weight excluding hydrogens is 250 g/mol. The Bertz CT molecular complexity index is 499. The van der Waals surface area contributed by atoms with Crippen LogP contribution in [0.1, 0.15) is 25.7 Å². The van der Waals surface area contributed by atoms with E-state index in [1.54, 1.807) is 13.2 Å². The fourth-order valence-electron chi connectivity index (χ4n) is 3.33. The summed E-state index contributed by atoms with van der Waals surface area (Å²) < 4.78 is 1.29. The molecule has 2 atom stereocenters. The number of fused-ring (bicyclic) bond motifs is 1. The van der Waals surface area contributed by atoms with Crippen LogP contribution in [0.5, 0.6) is 0 Å². The lowest BCUT2D eigenvalue weighted by Gasteiger charge is -2.22. The Morgan fingerprint density at radius 1 is 1.28 bits per heavy atom. The van der Waals surface area contributed by atoms with Gasteiger partial charge in [-0.2, -0.15) is 5.10 Å². The van der Waals surface area contributed by atoms with Gasteiger partial charge < -0.3 is 4.90 Å². The number of halogens is 1. The summed E-state index contributed by atoms with van der Waals surface area (Å²) in [5.74, 6) is 1.55. The molecule has 0 bridgehead atoms. The molecule has 2 unspecified atom stereocenters. The van der Waals surface area contributed by atoms with Crippen LogP contribution in [0.25, 0.3) is 0 Å². The number of nitrogens with zero attached hydrogens (tertiary/aromatic N) is 3. The van der Waals surface area contributed by atoms with Gasteiger partial charge in [0.1, 0.15) is 5.02 Å². The van der Waals surface area contributed by atoms with E-state index in [9.17, 15) is 4.79 Å². The molecule has 4 nitrogen and oxygen atoms in total. The van der Waals surface area contributed by atoms with Gasteiger partial charge in [-0.25, -0.2) is 4.68 Å². The molecule has 0 spiro atoms. The number of aromatic nitrogens is 2. The summed E-state index contributed by atoms with van der Waals surface area (Å²) in [5.41, 5.74) is 0.609. The van der Waals surface area contributed by atoms with Crippen molar-refractivity contribution in [3.05, 3.63) is 21.6 Å². The Kier molecular flexibility index (Phi) is 3.06. The van der Waals surface area contributed by atoms with Crippen LogP contribution in [0.4, 0.5) is 5.69 Å². The van der Waals surface area contributed by atoms with Crippen LogP contribution < -0.4 is 10.5 Å². The van der Waals surface area contributed by atoms with Gasteiger partial charge in [-0.3, -0.25) is 4.79 Å². The maximum Gasteiger partial charge on any atom is 0.287 e. The highest BCUT2D eigenvalue weighted by atomic mass is 35.5. The lowest BCUT2D eigenvalue weighted by Crippen LogP contribution is -2.26. The highest BCUT2D eigenvalue weighted by Crippen LogP contribution is 2.38. The maximum absolute atomic E-state index is 11.8. The molecule has 1 aliphatic carbocycles. The predicted octanol–water partition coefficient (Wildman–Crippen LogP) is 2.06. The van der Waals surface area contributed by atoms with Crippen LogP contribution in [0.15, 0.2) is 11.0 Å². The molecule has 0 amide bonds. The Morgan fingerprint density at radius 3 is 2.50 bits per heavy atom. The van der Waals surface area contributed by atoms with E-state index in [1.807, 2.05) is 0 Å². The number of aryl methyl sites for hydroxylation is 1. The third kappa shape index (κ3) is 1.92. The van der Waals surface area contributed by atoms with Crippen LogP contribution >= 0.6 is 11.6 Å². The second-order valence-corrected chi connectivity index (χ2v) is 5.86. The smallest absolute Gasteiger partial charge is 0.287 e. The summed E-state index contributed by atoms with van der Waals surface area (Å²) in [6.07, 6.45) is 7.05. The van der Waals surface area contributed by atoms with Gasteiger partial charge in [0.15, 0.2) is 0 Å². The molecule has 18 heavy (non-hydrogen) atoms. The molecule has 2 aliphatic rings. The Labute approximate surface area is 112 Å². The van der Waals surface area contributed by atoms with E-state index >= 15 is 0 Å². The lowest BCUT2D eigenvalue weighted by molar-refractivity contribution is 0.299. The van der Waals surface area contributed by atoms with Crippen LogP contribution in [0.3, 0.4) is 0 Å². The first-order valence-corrected chi connectivity index (χ1v) is 7.01. The largest absolute Gasteiger partial charge is 0.368 e. The average Bonchev–Trinajstić information content (AvgIpc) is 2.79. The Balaban J connectivity index is 1.88. The molecule has 1 saturated carbocycles. The third-order valence-electron chi connectivity index (χ3n) is 4.38.